The number of hydrogen-bond acceptors (Lipinski definition) is 3. The van der Waals surface area contributed by atoms with Gasteiger partial charge in [0.25, 0.3) is 11.8 Å². The van der Waals surface area contributed by atoms with Gasteiger partial charge in [-0.1, -0.05) is 24.3 Å². The van der Waals surface area contributed by atoms with Crippen molar-refractivity contribution < 1.29 is 9.59 Å². The van der Waals surface area contributed by atoms with Gasteiger partial charge in [0, 0.05) is 43.3 Å². The molecule has 5 rings (SSSR count). The average Bonchev–Trinajstić information content (AvgIpc) is 3.18. The van der Waals surface area contributed by atoms with Crippen molar-refractivity contribution in [3.63, 3.8) is 0 Å². The molecule has 30 heavy (non-hydrogen) atoms. The molecule has 1 saturated heterocycles. The second-order valence-corrected chi connectivity index (χ2v) is 8.82. The SMILES string of the molecule is C[C@@H]1CCCN1CCN1CCc2cc(-c3ccc4c(c3)CCNC4=O)ccc2C1=O. The minimum Gasteiger partial charge on any atom is -0.352 e. The first-order chi connectivity index (χ1) is 14.6. The van der Waals surface area contributed by atoms with E-state index < -0.39 is 0 Å². The van der Waals surface area contributed by atoms with Gasteiger partial charge < -0.3 is 10.2 Å². The van der Waals surface area contributed by atoms with Gasteiger partial charge in [-0.15, -0.1) is 0 Å². The van der Waals surface area contributed by atoms with E-state index in [0.29, 0.717) is 12.6 Å². The summed E-state index contributed by atoms with van der Waals surface area (Å²) in [5.74, 6) is 0.180. The molecule has 0 aliphatic carbocycles. The largest absolute Gasteiger partial charge is 0.352 e. The highest BCUT2D eigenvalue weighted by atomic mass is 16.2. The lowest BCUT2D eigenvalue weighted by molar-refractivity contribution is 0.0716. The zero-order valence-electron chi connectivity index (χ0n) is 17.6. The Hall–Kier alpha value is -2.66. The molecule has 0 aromatic heterocycles. The number of fused-ring (bicyclic) bond motifs is 2. The third-order valence-corrected chi connectivity index (χ3v) is 6.98. The summed E-state index contributed by atoms with van der Waals surface area (Å²) in [7, 11) is 0. The summed E-state index contributed by atoms with van der Waals surface area (Å²) in [6.07, 6.45) is 4.31. The second-order valence-electron chi connectivity index (χ2n) is 8.82. The van der Waals surface area contributed by atoms with E-state index in [9.17, 15) is 9.59 Å². The molecular weight excluding hydrogens is 374 g/mol. The van der Waals surface area contributed by atoms with Gasteiger partial charge in [0.05, 0.1) is 0 Å². The Morgan fingerprint density at radius 2 is 1.67 bits per heavy atom. The van der Waals surface area contributed by atoms with Crippen LogP contribution in [0.5, 0.6) is 0 Å². The second kappa shape index (κ2) is 7.88. The molecule has 2 aromatic carbocycles. The van der Waals surface area contributed by atoms with Gasteiger partial charge in [-0.2, -0.15) is 0 Å². The number of likely N-dealkylation sites (tertiary alicyclic amines) is 1. The van der Waals surface area contributed by atoms with Crippen molar-refractivity contribution >= 4 is 11.8 Å². The first kappa shape index (κ1) is 19.3. The molecule has 3 aliphatic rings. The Kier molecular flexibility index (Phi) is 5.07. The molecule has 0 unspecified atom stereocenters. The zero-order chi connectivity index (χ0) is 20.7. The van der Waals surface area contributed by atoms with Gasteiger partial charge in [0.1, 0.15) is 0 Å². The highest BCUT2D eigenvalue weighted by Crippen LogP contribution is 2.29. The standard InChI is InChI=1S/C25H29N3O2/c1-17-3-2-11-27(17)13-14-28-12-9-21-16-19(5-7-23(21)25(28)30)18-4-6-22-20(15-18)8-10-26-24(22)29/h4-7,15-17H,2-3,8-14H2,1H3,(H,26,29)/t17-/m1/s1. The fraction of sp³-hybridized carbons (Fsp3) is 0.440. The van der Waals surface area contributed by atoms with Crippen LogP contribution in [0.4, 0.5) is 0 Å². The predicted octanol–water partition coefficient (Wildman–Crippen LogP) is 3.12. The summed E-state index contributed by atoms with van der Waals surface area (Å²) in [6.45, 7) is 6.72. The summed E-state index contributed by atoms with van der Waals surface area (Å²) >= 11 is 0. The van der Waals surface area contributed by atoms with Crippen LogP contribution >= 0.6 is 0 Å². The molecule has 1 fully saturated rings. The fourth-order valence-corrected chi connectivity index (χ4v) is 5.11. The quantitative estimate of drug-likeness (QED) is 0.853. The van der Waals surface area contributed by atoms with E-state index in [1.165, 1.54) is 12.8 Å². The molecule has 3 aliphatic heterocycles. The maximum absolute atomic E-state index is 13.0. The van der Waals surface area contributed by atoms with Crippen LogP contribution in [-0.2, 0) is 12.8 Å². The van der Waals surface area contributed by atoms with Crippen molar-refractivity contribution in [2.24, 2.45) is 0 Å². The van der Waals surface area contributed by atoms with Crippen LogP contribution in [0.3, 0.4) is 0 Å². The summed E-state index contributed by atoms with van der Waals surface area (Å²) in [4.78, 5) is 29.6. The molecule has 5 nitrogen and oxygen atoms in total. The lowest BCUT2D eigenvalue weighted by Crippen LogP contribution is -2.43. The third-order valence-electron chi connectivity index (χ3n) is 6.98. The van der Waals surface area contributed by atoms with Crippen molar-refractivity contribution in [3.05, 3.63) is 58.7 Å². The molecule has 0 bridgehead atoms. The molecule has 156 valence electrons. The van der Waals surface area contributed by atoms with Gasteiger partial charge in [-0.3, -0.25) is 14.5 Å². The molecule has 3 heterocycles. The Bertz CT molecular complexity index is 1000. The van der Waals surface area contributed by atoms with E-state index in [1.54, 1.807) is 0 Å². The Morgan fingerprint density at radius 3 is 2.40 bits per heavy atom. The van der Waals surface area contributed by atoms with Gasteiger partial charge in [0.2, 0.25) is 0 Å². The topological polar surface area (TPSA) is 52.6 Å². The Labute approximate surface area is 178 Å². The molecular formula is C25H29N3O2. The van der Waals surface area contributed by atoms with E-state index in [-0.39, 0.29) is 11.8 Å². The van der Waals surface area contributed by atoms with Crippen LogP contribution in [0.1, 0.15) is 51.6 Å². The van der Waals surface area contributed by atoms with Crippen LogP contribution in [0.2, 0.25) is 0 Å². The molecule has 5 heteroatoms. The monoisotopic (exact) mass is 403 g/mol. The third kappa shape index (κ3) is 3.52. The van der Waals surface area contributed by atoms with Crippen molar-refractivity contribution in [1.82, 2.24) is 15.1 Å². The molecule has 0 saturated carbocycles. The Morgan fingerprint density at radius 1 is 0.933 bits per heavy atom. The highest BCUT2D eigenvalue weighted by molar-refractivity contribution is 5.98. The van der Waals surface area contributed by atoms with E-state index in [2.05, 4.69) is 29.3 Å². The van der Waals surface area contributed by atoms with Gasteiger partial charge >= 0.3 is 0 Å². The number of benzene rings is 2. The molecule has 2 aromatic rings. The lowest BCUT2D eigenvalue weighted by Gasteiger charge is -2.31. The molecule has 0 spiro atoms. The summed E-state index contributed by atoms with van der Waals surface area (Å²) in [6, 6.07) is 12.9. The van der Waals surface area contributed by atoms with Crippen molar-refractivity contribution in [2.75, 3.05) is 32.7 Å². The smallest absolute Gasteiger partial charge is 0.254 e. The lowest BCUT2D eigenvalue weighted by atomic mass is 9.91. The van der Waals surface area contributed by atoms with Gasteiger partial charge in [0.15, 0.2) is 0 Å². The molecule has 0 radical (unpaired) electrons. The highest BCUT2D eigenvalue weighted by Gasteiger charge is 2.27. The normalized spacial score (nSPS) is 21.4. The summed E-state index contributed by atoms with van der Waals surface area (Å²) in [5, 5.41) is 2.89. The van der Waals surface area contributed by atoms with Crippen molar-refractivity contribution in [3.8, 4) is 11.1 Å². The van der Waals surface area contributed by atoms with Crippen LogP contribution in [-0.4, -0.2) is 60.4 Å². The van der Waals surface area contributed by atoms with Crippen LogP contribution in [0, 0.1) is 0 Å². The minimum atomic E-state index is 0.0160. The van der Waals surface area contributed by atoms with E-state index in [0.717, 1.165) is 72.4 Å². The van der Waals surface area contributed by atoms with E-state index >= 15 is 0 Å². The summed E-state index contributed by atoms with van der Waals surface area (Å²) in [5.41, 5.74) is 6.10. The number of hydrogen-bond donors (Lipinski definition) is 1. The average molecular weight is 404 g/mol. The number of rotatable bonds is 4. The number of nitrogens with zero attached hydrogens (tertiary/aromatic N) is 2. The number of nitrogens with one attached hydrogen (secondary N) is 1. The number of carbonyl (C=O) groups is 2. The first-order valence-electron chi connectivity index (χ1n) is 11.2. The van der Waals surface area contributed by atoms with E-state index in [1.807, 2.05) is 29.2 Å². The van der Waals surface area contributed by atoms with E-state index in [4.69, 9.17) is 0 Å². The van der Waals surface area contributed by atoms with Crippen molar-refractivity contribution in [2.45, 2.75) is 38.6 Å². The Balaban J connectivity index is 1.33. The summed E-state index contributed by atoms with van der Waals surface area (Å²) < 4.78 is 0. The van der Waals surface area contributed by atoms with Crippen LogP contribution in [0.25, 0.3) is 11.1 Å². The molecule has 1 atom stereocenters. The zero-order valence-corrected chi connectivity index (χ0v) is 17.6. The first-order valence-corrected chi connectivity index (χ1v) is 11.2. The van der Waals surface area contributed by atoms with Crippen LogP contribution in [0.15, 0.2) is 36.4 Å². The van der Waals surface area contributed by atoms with Crippen molar-refractivity contribution in [1.29, 1.82) is 0 Å². The fourth-order valence-electron chi connectivity index (χ4n) is 5.11. The molecule has 1 N–H and O–H groups in total. The molecule has 2 amide bonds. The minimum absolute atomic E-state index is 0.0160. The van der Waals surface area contributed by atoms with Gasteiger partial charge in [-0.25, -0.2) is 0 Å². The number of amides is 2. The maximum Gasteiger partial charge on any atom is 0.254 e. The maximum atomic E-state index is 13.0. The van der Waals surface area contributed by atoms with Crippen LogP contribution < -0.4 is 5.32 Å². The number of carbonyl (C=O) groups excluding carboxylic acids is 2. The predicted molar refractivity (Wildman–Crippen MR) is 118 cm³/mol. The van der Waals surface area contributed by atoms with Gasteiger partial charge in [-0.05, 0) is 73.5 Å².